The van der Waals surface area contributed by atoms with E-state index in [2.05, 4.69) is 10.6 Å². The third-order valence-corrected chi connectivity index (χ3v) is 10.3. The molecule has 0 fully saturated rings. The van der Waals surface area contributed by atoms with Crippen molar-refractivity contribution in [3.63, 3.8) is 0 Å². The number of rotatable bonds is 12. The second-order valence-electron chi connectivity index (χ2n) is 11.3. The van der Waals surface area contributed by atoms with Gasteiger partial charge in [-0.3, -0.25) is 23.7 Å². The number of nitrogens with two attached hydrogens (primary N) is 2. The number of carbonyl (C=O) groups excluding carboxylic acids is 4. The lowest BCUT2D eigenvalue weighted by atomic mass is 9.82. The highest BCUT2D eigenvalue weighted by molar-refractivity contribution is 7.91. The van der Waals surface area contributed by atoms with Gasteiger partial charge in [-0.15, -0.1) is 0 Å². The maximum absolute atomic E-state index is 13.5. The molecule has 0 aliphatic heterocycles. The third kappa shape index (κ3) is 7.02. The van der Waals surface area contributed by atoms with Gasteiger partial charge in [-0.2, -0.15) is 8.42 Å². The van der Waals surface area contributed by atoms with Gasteiger partial charge in [-0.1, -0.05) is 44.2 Å². The number of hydrogen-bond acceptors (Lipinski definition) is 11. The minimum Gasteiger partial charge on any atom is -0.397 e. The van der Waals surface area contributed by atoms with Gasteiger partial charge in [0.2, 0.25) is 5.91 Å². The first-order valence-corrected chi connectivity index (χ1v) is 17.3. The van der Waals surface area contributed by atoms with Gasteiger partial charge in [0.15, 0.2) is 27.2 Å². The van der Waals surface area contributed by atoms with E-state index in [-0.39, 0.29) is 57.5 Å². The Morgan fingerprint density at radius 1 is 0.891 bits per heavy atom. The van der Waals surface area contributed by atoms with Crippen LogP contribution in [0.1, 0.15) is 65.5 Å². The van der Waals surface area contributed by atoms with Crippen LogP contribution in [0.5, 0.6) is 0 Å². The molecule has 13 nitrogen and oxygen atoms in total. The summed E-state index contributed by atoms with van der Waals surface area (Å²) in [6.45, 7) is 5.04. The summed E-state index contributed by atoms with van der Waals surface area (Å²) in [5, 5.41) is 5.36. The van der Waals surface area contributed by atoms with Gasteiger partial charge < -0.3 is 22.1 Å². The number of fused-ring (bicyclic) bond motifs is 2. The van der Waals surface area contributed by atoms with Crippen molar-refractivity contribution in [2.45, 2.75) is 55.5 Å². The average molecular weight is 671 g/mol. The molecular weight excluding hydrogens is 636 g/mol. The summed E-state index contributed by atoms with van der Waals surface area (Å²) in [7, 11) is -8.89. The Morgan fingerprint density at radius 2 is 1.50 bits per heavy atom. The number of amides is 1. The Bertz CT molecular complexity index is 1970. The standard InChI is InChI=1S/C31H34N4O9S2/c1-16(2)27(32)31(39)34-17(3)23(36)12-7-13-45(40,41)19-9-6-8-18(14-19)35-22-15-24(46(42,43)44)28(33)26-25(22)29(37)20-10-4-5-11-21(20)30(26)38/h4-6,8-11,14-17,27,35H,7,12-13,32-33H2,1-3H3,(H,34,39)(H,42,43,44). The Kier molecular flexibility index (Phi) is 9.82. The van der Waals surface area contributed by atoms with Gasteiger partial charge in [-0.25, -0.2) is 8.42 Å². The van der Waals surface area contributed by atoms with Crippen LogP contribution in [-0.2, 0) is 29.5 Å². The number of hydrogen-bond donors (Lipinski definition) is 5. The van der Waals surface area contributed by atoms with Crippen LogP contribution in [0.25, 0.3) is 0 Å². The first kappa shape index (κ1) is 34.4. The van der Waals surface area contributed by atoms with Gasteiger partial charge in [0.1, 0.15) is 4.90 Å². The lowest BCUT2D eigenvalue weighted by Crippen LogP contribution is -2.49. The highest BCUT2D eigenvalue weighted by Crippen LogP contribution is 2.40. The molecule has 2 unspecified atom stereocenters. The maximum atomic E-state index is 13.5. The second-order valence-corrected chi connectivity index (χ2v) is 14.8. The summed E-state index contributed by atoms with van der Waals surface area (Å²) in [4.78, 5) is 50.7. The summed E-state index contributed by atoms with van der Waals surface area (Å²) < 4.78 is 60.6. The predicted octanol–water partition coefficient (Wildman–Crippen LogP) is 2.65. The van der Waals surface area contributed by atoms with E-state index in [1.807, 2.05) is 0 Å². The highest BCUT2D eigenvalue weighted by Gasteiger charge is 2.36. The molecule has 3 aromatic rings. The molecule has 1 aliphatic rings. The minimum absolute atomic E-state index is 0.00705. The van der Waals surface area contributed by atoms with Crippen LogP contribution in [0.2, 0.25) is 0 Å². The number of sulfone groups is 1. The Morgan fingerprint density at radius 3 is 2.09 bits per heavy atom. The van der Waals surface area contributed by atoms with Crippen LogP contribution in [0.4, 0.5) is 17.1 Å². The Balaban J connectivity index is 1.58. The first-order chi connectivity index (χ1) is 21.4. The summed E-state index contributed by atoms with van der Waals surface area (Å²) in [5.41, 5.74) is 10.6. The average Bonchev–Trinajstić information content (AvgIpc) is 2.99. The number of carbonyl (C=O) groups is 4. The van der Waals surface area contributed by atoms with Crippen LogP contribution in [-0.4, -0.2) is 62.5 Å². The van der Waals surface area contributed by atoms with Crippen molar-refractivity contribution in [1.29, 1.82) is 0 Å². The normalized spacial score (nSPS) is 14.3. The molecule has 0 aromatic heterocycles. The molecule has 4 rings (SSSR count). The Hall–Kier alpha value is -4.44. The molecule has 2 atom stereocenters. The van der Waals surface area contributed by atoms with Gasteiger partial charge in [-0.05, 0) is 43.5 Å². The molecule has 0 spiro atoms. The SMILES string of the molecule is CC(NC(=O)C(N)C(C)C)C(=O)CCCS(=O)(=O)c1cccc(Nc2cc(S(=O)(=O)O)c(N)c3c2C(=O)c2ccccc2C3=O)c1. The minimum atomic E-state index is -4.95. The summed E-state index contributed by atoms with van der Waals surface area (Å²) in [6.07, 6.45) is -0.155. The maximum Gasteiger partial charge on any atom is 0.296 e. The number of benzene rings is 3. The van der Waals surface area contributed by atoms with E-state index < -0.39 is 71.4 Å². The molecule has 1 amide bonds. The summed E-state index contributed by atoms with van der Waals surface area (Å²) in [5.74, 6) is -2.73. The third-order valence-electron chi connectivity index (χ3n) is 7.65. The fourth-order valence-corrected chi connectivity index (χ4v) is 6.99. The van der Waals surface area contributed by atoms with E-state index in [1.54, 1.807) is 19.9 Å². The molecule has 0 saturated carbocycles. The fourth-order valence-electron chi connectivity index (χ4n) is 4.99. The topological polar surface area (TPSA) is 233 Å². The van der Waals surface area contributed by atoms with Crippen LogP contribution in [0.15, 0.2) is 64.4 Å². The van der Waals surface area contributed by atoms with Crippen LogP contribution in [0.3, 0.4) is 0 Å². The molecule has 7 N–H and O–H groups in total. The number of ketones is 3. The van der Waals surface area contributed by atoms with E-state index in [0.717, 1.165) is 6.07 Å². The molecule has 244 valence electrons. The van der Waals surface area contributed by atoms with Gasteiger partial charge >= 0.3 is 0 Å². The number of anilines is 3. The summed E-state index contributed by atoms with van der Waals surface area (Å²) in [6, 6.07) is 10.6. The van der Waals surface area contributed by atoms with Gasteiger partial charge in [0.05, 0.1) is 45.2 Å². The zero-order valence-electron chi connectivity index (χ0n) is 25.2. The van der Waals surface area contributed by atoms with Crippen molar-refractivity contribution in [3.05, 3.63) is 76.9 Å². The molecule has 3 aromatic carbocycles. The van der Waals surface area contributed by atoms with Crippen molar-refractivity contribution in [2.24, 2.45) is 11.7 Å². The van der Waals surface area contributed by atoms with Crippen molar-refractivity contribution >= 4 is 60.3 Å². The molecular formula is C31H34N4O9S2. The number of Topliss-reactive ketones (excluding diaryl/α,β-unsaturated/α-hetero) is 1. The van der Waals surface area contributed by atoms with Crippen molar-refractivity contribution < 1.29 is 40.6 Å². The van der Waals surface area contributed by atoms with E-state index in [4.69, 9.17) is 11.5 Å². The van der Waals surface area contributed by atoms with Crippen LogP contribution < -0.4 is 22.1 Å². The smallest absolute Gasteiger partial charge is 0.296 e. The monoisotopic (exact) mass is 670 g/mol. The number of nitrogens with one attached hydrogen (secondary N) is 2. The molecule has 0 bridgehead atoms. The molecule has 0 saturated heterocycles. The molecule has 0 heterocycles. The first-order valence-electron chi connectivity index (χ1n) is 14.2. The van der Waals surface area contributed by atoms with Gasteiger partial charge in [0, 0.05) is 23.2 Å². The van der Waals surface area contributed by atoms with Crippen LogP contribution in [0, 0.1) is 5.92 Å². The molecule has 15 heteroatoms. The largest absolute Gasteiger partial charge is 0.397 e. The lowest BCUT2D eigenvalue weighted by molar-refractivity contribution is -0.128. The summed E-state index contributed by atoms with van der Waals surface area (Å²) >= 11 is 0. The van der Waals surface area contributed by atoms with E-state index in [1.165, 1.54) is 49.4 Å². The van der Waals surface area contributed by atoms with E-state index >= 15 is 0 Å². The Labute approximate surface area is 266 Å². The number of nitrogen functional groups attached to an aromatic ring is 1. The lowest BCUT2D eigenvalue weighted by Gasteiger charge is -2.23. The van der Waals surface area contributed by atoms with Crippen molar-refractivity contribution in [2.75, 3.05) is 16.8 Å². The molecule has 46 heavy (non-hydrogen) atoms. The fraction of sp³-hybridized carbons (Fsp3) is 0.290. The quantitative estimate of drug-likeness (QED) is 0.108. The highest BCUT2D eigenvalue weighted by atomic mass is 32.2. The van der Waals surface area contributed by atoms with Crippen LogP contribution >= 0.6 is 0 Å². The van der Waals surface area contributed by atoms with Crippen molar-refractivity contribution in [3.8, 4) is 0 Å². The molecule has 1 aliphatic carbocycles. The zero-order valence-corrected chi connectivity index (χ0v) is 26.9. The zero-order chi connectivity index (χ0) is 34.1. The molecule has 0 radical (unpaired) electrons. The van der Waals surface area contributed by atoms with E-state index in [9.17, 15) is 40.6 Å². The van der Waals surface area contributed by atoms with Gasteiger partial charge in [0.25, 0.3) is 10.1 Å². The van der Waals surface area contributed by atoms with E-state index in [0.29, 0.717) is 0 Å². The second kappa shape index (κ2) is 13.1. The van der Waals surface area contributed by atoms with Crippen molar-refractivity contribution in [1.82, 2.24) is 5.32 Å². The predicted molar refractivity (Wildman–Crippen MR) is 170 cm³/mol.